The Balaban J connectivity index is 2.44. The molecule has 2 aromatic rings. The predicted octanol–water partition coefficient (Wildman–Crippen LogP) is 2.74. The molecule has 0 saturated carbocycles. The van der Waals surface area contributed by atoms with Crippen LogP contribution in [0.25, 0.3) is 5.65 Å². The molecule has 0 aromatic carbocycles. The fourth-order valence-corrected chi connectivity index (χ4v) is 1.86. The molecule has 18 heavy (non-hydrogen) atoms. The number of pyridine rings is 1. The van der Waals surface area contributed by atoms with E-state index in [4.69, 9.17) is 10.00 Å². The molecule has 2 aromatic heterocycles. The molecule has 0 aliphatic rings. The van der Waals surface area contributed by atoms with Crippen LogP contribution in [-0.2, 0) is 6.42 Å². The molecule has 0 unspecified atom stereocenters. The van der Waals surface area contributed by atoms with Gasteiger partial charge in [0.05, 0.1) is 30.5 Å². The Kier molecular flexibility index (Phi) is 3.52. The van der Waals surface area contributed by atoms with E-state index in [1.807, 2.05) is 29.7 Å². The minimum atomic E-state index is 0.362. The van der Waals surface area contributed by atoms with Gasteiger partial charge in [-0.15, -0.1) is 0 Å². The summed E-state index contributed by atoms with van der Waals surface area (Å²) in [6.45, 7) is 6.81. The lowest BCUT2D eigenvalue weighted by Gasteiger charge is -2.09. The second-order valence-electron chi connectivity index (χ2n) is 4.75. The van der Waals surface area contributed by atoms with Gasteiger partial charge in [0.2, 0.25) is 0 Å². The van der Waals surface area contributed by atoms with Crippen molar-refractivity contribution in [3.05, 3.63) is 29.7 Å². The maximum absolute atomic E-state index is 8.85. The molecule has 0 aliphatic heterocycles. The number of imidazole rings is 1. The number of aromatic nitrogens is 2. The number of aryl methyl sites for hydroxylation is 1. The van der Waals surface area contributed by atoms with Crippen LogP contribution in [0.2, 0.25) is 0 Å². The first kappa shape index (κ1) is 12.4. The first-order valence-corrected chi connectivity index (χ1v) is 6.09. The highest BCUT2D eigenvalue weighted by atomic mass is 16.5. The van der Waals surface area contributed by atoms with Gasteiger partial charge >= 0.3 is 0 Å². The summed E-state index contributed by atoms with van der Waals surface area (Å²) in [7, 11) is 0. The minimum Gasteiger partial charge on any atom is -0.489 e. The first-order chi connectivity index (χ1) is 8.63. The SMILES string of the molecule is Cc1nc2c(OCC(C)C)cccn2c1CC#N. The van der Waals surface area contributed by atoms with Crippen molar-refractivity contribution in [2.24, 2.45) is 5.92 Å². The normalized spacial score (nSPS) is 10.8. The second kappa shape index (κ2) is 5.09. The van der Waals surface area contributed by atoms with Gasteiger partial charge in [0.1, 0.15) is 0 Å². The summed E-state index contributed by atoms with van der Waals surface area (Å²) in [6.07, 6.45) is 2.28. The molecular formula is C14H17N3O. The molecule has 0 N–H and O–H groups in total. The largest absolute Gasteiger partial charge is 0.489 e. The fourth-order valence-electron chi connectivity index (χ4n) is 1.86. The summed E-state index contributed by atoms with van der Waals surface area (Å²) in [5.41, 5.74) is 2.61. The van der Waals surface area contributed by atoms with Gasteiger partial charge in [-0.05, 0) is 25.0 Å². The van der Waals surface area contributed by atoms with Crippen molar-refractivity contribution >= 4 is 5.65 Å². The van der Waals surface area contributed by atoms with Crippen LogP contribution in [0.15, 0.2) is 18.3 Å². The summed E-state index contributed by atoms with van der Waals surface area (Å²) in [4.78, 5) is 4.50. The van der Waals surface area contributed by atoms with E-state index in [2.05, 4.69) is 24.9 Å². The summed E-state index contributed by atoms with van der Waals surface area (Å²) in [6, 6.07) is 6.01. The molecule has 4 nitrogen and oxygen atoms in total. The Labute approximate surface area is 107 Å². The Hall–Kier alpha value is -2.02. The topological polar surface area (TPSA) is 50.3 Å². The molecule has 0 saturated heterocycles. The quantitative estimate of drug-likeness (QED) is 0.829. The summed E-state index contributed by atoms with van der Waals surface area (Å²) in [5.74, 6) is 1.25. The summed E-state index contributed by atoms with van der Waals surface area (Å²) in [5, 5.41) is 8.85. The Morgan fingerprint density at radius 3 is 2.94 bits per heavy atom. The van der Waals surface area contributed by atoms with Gasteiger partial charge in [-0.2, -0.15) is 5.26 Å². The van der Waals surface area contributed by atoms with E-state index in [0.717, 1.165) is 22.8 Å². The lowest BCUT2D eigenvalue weighted by molar-refractivity contribution is 0.272. The zero-order valence-corrected chi connectivity index (χ0v) is 11.0. The van der Waals surface area contributed by atoms with Crippen LogP contribution >= 0.6 is 0 Å². The van der Waals surface area contributed by atoms with Gasteiger partial charge in [0.15, 0.2) is 11.4 Å². The average Bonchev–Trinajstić information content (AvgIpc) is 2.65. The Bertz CT molecular complexity index is 593. The highest BCUT2D eigenvalue weighted by Crippen LogP contribution is 2.22. The smallest absolute Gasteiger partial charge is 0.180 e. The van der Waals surface area contributed by atoms with Crippen molar-refractivity contribution in [2.45, 2.75) is 27.2 Å². The molecule has 4 heteroatoms. The van der Waals surface area contributed by atoms with E-state index in [0.29, 0.717) is 18.9 Å². The highest BCUT2D eigenvalue weighted by molar-refractivity contribution is 5.56. The van der Waals surface area contributed by atoms with E-state index in [9.17, 15) is 0 Å². The van der Waals surface area contributed by atoms with E-state index in [1.54, 1.807) is 0 Å². The number of hydrogen-bond acceptors (Lipinski definition) is 3. The van der Waals surface area contributed by atoms with Gasteiger partial charge in [-0.25, -0.2) is 4.98 Å². The van der Waals surface area contributed by atoms with Gasteiger partial charge in [-0.1, -0.05) is 13.8 Å². The van der Waals surface area contributed by atoms with Crippen LogP contribution in [0.3, 0.4) is 0 Å². The summed E-state index contributed by atoms with van der Waals surface area (Å²) >= 11 is 0. The number of nitriles is 1. The van der Waals surface area contributed by atoms with Crippen LogP contribution < -0.4 is 4.74 Å². The molecule has 0 spiro atoms. The number of ether oxygens (including phenoxy) is 1. The van der Waals surface area contributed by atoms with Crippen molar-refractivity contribution in [2.75, 3.05) is 6.61 Å². The van der Waals surface area contributed by atoms with Crippen LogP contribution in [0, 0.1) is 24.2 Å². The van der Waals surface area contributed by atoms with Crippen molar-refractivity contribution in [1.29, 1.82) is 5.26 Å². The third kappa shape index (κ3) is 2.30. The van der Waals surface area contributed by atoms with Crippen molar-refractivity contribution in [3.8, 4) is 11.8 Å². The molecule has 0 amide bonds. The zero-order valence-electron chi connectivity index (χ0n) is 11.0. The lowest BCUT2D eigenvalue weighted by Crippen LogP contribution is -2.05. The van der Waals surface area contributed by atoms with E-state index >= 15 is 0 Å². The van der Waals surface area contributed by atoms with Gasteiger partial charge in [0.25, 0.3) is 0 Å². The Morgan fingerprint density at radius 2 is 2.28 bits per heavy atom. The van der Waals surface area contributed by atoms with Crippen LogP contribution in [0.4, 0.5) is 0 Å². The molecule has 2 heterocycles. The van der Waals surface area contributed by atoms with Gasteiger partial charge < -0.3 is 4.74 Å². The number of hydrogen-bond donors (Lipinski definition) is 0. The molecule has 2 rings (SSSR count). The van der Waals surface area contributed by atoms with E-state index in [1.165, 1.54) is 0 Å². The highest BCUT2D eigenvalue weighted by Gasteiger charge is 2.12. The lowest BCUT2D eigenvalue weighted by atomic mass is 10.2. The number of fused-ring (bicyclic) bond motifs is 1. The van der Waals surface area contributed by atoms with Crippen LogP contribution in [-0.4, -0.2) is 16.0 Å². The zero-order chi connectivity index (χ0) is 13.1. The number of nitrogens with zero attached hydrogens (tertiary/aromatic N) is 3. The molecule has 0 fully saturated rings. The molecule has 94 valence electrons. The van der Waals surface area contributed by atoms with Crippen molar-refractivity contribution in [3.63, 3.8) is 0 Å². The molecule has 0 radical (unpaired) electrons. The van der Waals surface area contributed by atoms with Crippen molar-refractivity contribution in [1.82, 2.24) is 9.38 Å². The second-order valence-corrected chi connectivity index (χ2v) is 4.75. The average molecular weight is 243 g/mol. The van der Waals surface area contributed by atoms with E-state index < -0.39 is 0 Å². The summed E-state index contributed by atoms with van der Waals surface area (Å²) < 4.78 is 7.70. The molecule has 0 atom stereocenters. The molecular weight excluding hydrogens is 226 g/mol. The van der Waals surface area contributed by atoms with E-state index in [-0.39, 0.29) is 0 Å². The third-order valence-corrected chi connectivity index (χ3v) is 2.73. The monoisotopic (exact) mass is 243 g/mol. The Morgan fingerprint density at radius 1 is 1.50 bits per heavy atom. The maximum atomic E-state index is 8.85. The predicted molar refractivity (Wildman–Crippen MR) is 69.6 cm³/mol. The maximum Gasteiger partial charge on any atom is 0.180 e. The van der Waals surface area contributed by atoms with Crippen molar-refractivity contribution < 1.29 is 4.74 Å². The standard InChI is InChI=1S/C14H17N3O/c1-10(2)9-18-13-5-4-8-17-12(6-7-15)11(3)16-14(13)17/h4-5,8,10H,6,9H2,1-3H3. The minimum absolute atomic E-state index is 0.362. The van der Waals surface area contributed by atoms with Gasteiger partial charge in [0, 0.05) is 6.20 Å². The van der Waals surface area contributed by atoms with Crippen LogP contribution in [0.1, 0.15) is 25.2 Å². The fraction of sp³-hybridized carbons (Fsp3) is 0.429. The molecule has 0 bridgehead atoms. The van der Waals surface area contributed by atoms with Crippen LogP contribution in [0.5, 0.6) is 5.75 Å². The van der Waals surface area contributed by atoms with Gasteiger partial charge in [-0.3, -0.25) is 4.40 Å². The first-order valence-electron chi connectivity index (χ1n) is 6.09. The number of rotatable bonds is 4. The third-order valence-electron chi connectivity index (χ3n) is 2.73. The molecule has 0 aliphatic carbocycles.